The summed E-state index contributed by atoms with van der Waals surface area (Å²) in [5, 5.41) is 8.15. The summed E-state index contributed by atoms with van der Waals surface area (Å²) in [6.45, 7) is 3.93. The number of nitrogens with zero attached hydrogens (tertiary/aromatic N) is 6. The summed E-state index contributed by atoms with van der Waals surface area (Å²) in [7, 11) is 3.79. The van der Waals surface area contributed by atoms with Gasteiger partial charge in [-0.05, 0) is 37.4 Å². The van der Waals surface area contributed by atoms with Crippen LogP contribution < -0.4 is 16.0 Å². The molecule has 1 aromatic carbocycles. The van der Waals surface area contributed by atoms with Crippen molar-refractivity contribution in [3.63, 3.8) is 0 Å². The van der Waals surface area contributed by atoms with Gasteiger partial charge in [0, 0.05) is 45.1 Å². The summed E-state index contributed by atoms with van der Waals surface area (Å²) < 4.78 is 1.43. The van der Waals surface area contributed by atoms with Crippen molar-refractivity contribution in [1.29, 1.82) is 0 Å². The van der Waals surface area contributed by atoms with E-state index in [0.29, 0.717) is 28.1 Å². The first-order valence-electron chi connectivity index (χ1n) is 9.58. The largest absolute Gasteiger partial charge is 0.368 e. The van der Waals surface area contributed by atoms with Crippen LogP contribution in [0.2, 0.25) is 5.02 Å². The molecule has 30 heavy (non-hydrogen) atoms. The quantitative estimate of drug-likeness (QED) is 0.643. The van der Waals surface area contributed by atoms with Gasteiger partial charge in [-0.15, -0.1) is 0 Å². The predicted molar refractivity (Wildman–Crippen MR) is 117 cm³/mol. The number of nitrogens with two attached hydrogens (primary N) is 1. The number of aryl methyl sites for hydroxylation is 1. The molecule has 10 heteroatoms. The lowest BCUT2D eigenvalue weighted by molar-refractivity contribution is 0.0991. The van der Waals surface area contributed by atoms with E-state index in [4.69, 9.17) is 17.3 Å². The molecule has 0 aliphatic carbocycles. The fraction of sp³-hybridized carbons (Fsp3) is 0.300. The van der Waals surface area contributed by atoms with E-state index < -0.39 is 5.91 Å². The fourth-order valence-corrected chi connectivity index (χ4v) is 3.70. The topological polar surface area (TPSA) is 105 Å². The number of carbonyl (C=O) groups excluding carboxylic acids is 1. The molecule has 1 aliphatic rings. The highest BCUT2D eigenvalue weighted by Crippen LogP contribution is 2.30. The molecule has 0 saturated carbocycles. The molecule has 3 N–H and O–H groups in total. The highest BCUT2D eigenvalue weighted by Gasteiger charge is 2.17. The van der Waals surface area contributed by atoms with E-state index in [1.165, 1.54) is 4.68 Å². The summed E-state index contributed by atoms with van der Waals surface area (Å²) >= 11 is 6.55. The molecule has 3 heterocycles. The van der Waals surface area contributed by atoms with Crippen molar-refractivity contribution in [2.75, 3.05) is 43.4 Å². The zero-order valence-electron chi connectivity index (χ0n) is 16.8. The second-order valence-corrected chi connectivity index (χ2v) is 7.66. The number of aromatic nitrogens is 4. The Morgan fingerprint density at radius 3 is 2.53 bits per heavy atom. The van der Waals surface area contributed by atoms with Crippen LogP contribution in [-0.4, -0.2) is 63.8 Å². The molecular formula is C20H23ClN8O. The van der Waals surface area contributed by atoms with E-state index in [9.17, 15) is 4.79 Å². The summed E-state index contributed by atoms with van der Waals surface area (Å²) in [6, 6.07) is 9.17. The maximum absolute atomic E-state index is 11.5. The van der Waals surface area contributed by atoms with Crippen molar-refractivity contribution in [1.82, 2.24) is 24.6 Å². The smallest absolute Gasteiger partial charge is 0.266 e. The minimum atomic E-state index is -0.543. The van der Waals surface area contributed by atoms with Crippen LogP contribution in [0.5, 0.6) is 0 Å². The minimum Gasteiger partial charge on any atom is -0.368 e. The Morgan fingerprint density at radius 2 is 1.87 bits per heavy atom. The van der Waals surface area contributed by atoms with Crippen LogP contribution in [-0.2, 0) is 7.05 Å². The molecule has 0 atom stereocenters. The number of primary amides is 1. The van der Waals surface area contributed by atoms with Gasteiger partial charge in [-0.2, -0.15) is 5.10 Å². The summed E-state index contributed by atoms with van der Waals surface area (Å²) in [5.74, 6) is -0.138. The summed E-state index contributed by atoms with van der Waals surface area (Å²) in [6.07, 6.45) is 1.63. The van der Waals surface area contributed by atoms with Gasteiger partial charge in [0.05, 0.1) is 16.4 Å². The predicted octanol–water partition coefficient (Wildman–Crippen LogP) is 2.12. The maximum atomic E-state index is 11.5. The van der Waals surface area contributed by atoms with Crippen molar-refractivity contribution in [3.05, 3.63) is 47.2 Å². The van der Waals surface area contributed by atoms with Crippen LogP contribution in [0.25, 0.3) is 11.4 Å². The van der Waals surface area contributed by atoms with E-state index >= 15 is 0 Å². The Bertz CT molecular complexity index is 1070. The third kappa shape index (κ3) is 4.22. The van der Waals surface area contributed by atoms with Crippen LogP contribution in [0, 0.1) is 0 Å². The second-order valence-electron chi connectivity index (χ2n) is 7.25. The van der Waals surface area contributed by atoms with Crippen LogP contribution in [0.1, 0.15) is 10.5 Å². The maximum Gasteiger partial charge on any atom is 0.266 e. The van der Waals surface area contributed by atoms with Gasteiger partial charge in [0.2, 0.25) is 5.95 Å². The molecule has 0 bridgehead atoms. The van der Waals surface area contributed by atoms with Crippen molar-refractivity contribution >= 4 is 34.8 Å². The second kappa shape index (κ2) is 8.29. The SMILES string of the molecule is CN1CCN(c2ccc(Nc3nccc(-c4cc(C(N)=O)n(C)n4)n3)cc2Cl)CC1. The molecule has 156 valence electrons. The molecule has 0 radical (unpaired) electrons. The summed E-state index contributed by atoms with van der Waals surface area (Å²) in [4.78, 5) is 24.8. The van der Waals surface area contributed by atoms with Gasteiger partial charge in [0.25, 0.3) is 5.91 Å². The molecule has 1 saturated heterocycles. The third-order valence-corrected chi connectivity index (χ3v) is 5.40. The van der Waals surface area contributed by atoms with Gasteiger partial charge in [0.1, 0.15) is 11.4 Å². The van der Waals surface area contributed by atoms with Gasteiger partial charge in [-0.25, -0.2) is 9.97 Å². The highest BCUT2D eigenvalue weighted by molar-refractivity contribution is 6.33. The molecule has 0 unspecified atom stereocenters. The highest BCUT2D eigenvalue weighted by atomic mass is 35.5. The Morgan fingerprint density at radius 1 is 1.10 bits per heavy atom. The van der Waals surface area contributed by atoms with Gasteiger partial charge >= 0.3 is 0 Å². The van der Waals surface area contributed by atoms with Crippen LogP contribution in [0.15, 0.2) is 36.5 Å². The van der Waals surface area contributed by atoms with Crippen molar-refractivity contribution in [3.8, 4) is 11.4 Å². The minimum absolute atomic E-state index is 0.310. The van der Waals surface area contributed by atoms with Crippen molar-refractivity contribution in [2.45, 2.75) is 0 Å². The Kier molecular flexibility index (Phi) is 5.56. The van der Waals surface area contributed by atoms with Crippen LogP contribution >= 0.6 is 11.6 Å². The molecule has 4 rings (SSSR count). The van der Waals surface area contributed by atoms with E-state index in [2.05, 4.69) is 37.2 Å². The van der Waals surface area contributed by atoms with Crippen molar-refractivity contribution in [2.24, 2.45) is 12.8 Å². The summed E-state index contributed by atoms with van der Waals surface area (Å²) in [5.41, 5.74) is 8.60. The molecule has 1 aliphatic heterocycles. The zero-order valence-corrected chi connectivity index (χ0v) is 17.6. The lowest BCUT2D eigenvalue weighted by Crippen LogP contribution is -2.44. The van der Waals surface area contributed by atoms with E-state index in [-0.39, 0.29) is 0 Å². The number of hydrogen-bond acceptors (Lipinski definition) is 7. The first-order chi connectivity index (χ1) is 14.4. The number of benzene rings is 1. The van der Waals surface area contributed by atoms with Crippen molar-refractivity contribution < 1.29 is 4.79 Å². The lowest BCUT2D eigenvalue weighted by Gasteiger charge is -2.34. The Labute approximate surface area is 179 Å². The number of anilines is 3. The number of hydrogen-bond donors (Lipinski definition) is 2. The van der Waals surface area contributed by atoms with Gasteiger partial charge in [0.15, 0.2) is 0 Å². The number of rotatable bonds is 5. The number of halogens is 1. The number of nitrogens with one attached hydrogen (secondary N) is 1. The standard InChI is InChI=1S/C20H23ClN8O/c1-27-7-9-29(10-8-27)17-4-3-13(11-14(17)21)24-20-23-6-5-15(25-20)16-12-18(19(22)30)28(2)26-16/h3-6,11-12H,7-10H2,1-2H3,(H2,22,30)(H,23,24,25). The Balaban J connectivity index is 1.52. The average molecular weight is 427 g/mol. The first kappa shape index (κ1) is 20.1. The fourth-order valence-electron chi connectivity index (χ4n) is 3.40. The first-order valence-corrected chi connectivity index (χ1v) is 9.96. The van der Waals surface area contributed by atoms with Crippen LogP contribution in [0.3, 0.4) is 0 Å². The lowest BCUT2D eigenvalue weighted by atomic mass is 10.2. The van der Waals surface area contributed by atoms with Gasteiger partial charge < -0.3 is 20.9 Å². The Hall–Kier alpha value is -3.17. The molecule has 0 spiro atoms. The zero-order chi connectivity index (χ0) is 21.3. The molecular weight excluding hydrogens is 404 g/mol. The average Bonchev–Trinajstić information content (AvgIpc) is 3.11. The number of carbonyl (C=O) groups is 1. The molecule has 1 amide bonds. The van der Waals surface area contributed by atoms with E-state index in [1.807, 2.05) is 18.2 Å². The normalized spacial score (nSPS) is 14.7. The molecule has 3 aromatic rings. The molecule has 1 fully saturated rings. The monoisotopic (exact) mass is 426 g/mol. The number of likely N-dealkylation sites (N-methyl/N-ethyl adjacent to an activating group) is 1. The van der Waals surface area contributed by atoms with Gasteiger partial charge in [-0.1, -0.05) is 11.6 Å². The number of piperazine rings is 1. The molecule has 2 aromatic heterocycles. The molecule has 9 nitrogen and oxygen atoms in total. The van der Waals surface area contributed by atoms with Crippen LogP contribution in [0.4, 0.5) is 17.3 Å². The van der Waals surface area contributed by atoms with E-state index in [0.717, 1.165) is 37.6 Å². The number of amides is 1. The van der Waals surface area contributed by atoms with Gasteiger partial charge in [-0.3, -0.25) is 9.48 Å². The third-order valence-electron chi connectivity index (χ3n) is 5.10. The van der Waals surface area contributed by atoms with E-state index in [1.54, 1.807) is 25.4 Å².